The van der Waals surface area contributed by atoms with Crippen LogP contribution < -0.4 is 5.73 Å². The summed E-state index contributed by atoms with van der Waals surface area (Å²) in [5, 5.41) is 0. The highest BCUT2D eigenvalue weighted by atomic mass is 16.6. The second kappa shape index (κ2) is 16.2. The lowest BCUT2D eigenvalue weighted by atomic mass is 9.95. The van der Waals surface area contributed by atoms with E-state index >= 15 is 0 Å². The van der Waals surface area contributed by atoms with Crippen LogP contribution in [0.4, 0.5) is 0 Å². The summed E-state index contributed by atoms with van der Waals surface area (Å²) >= 11 is 0. The lowest BCUT2D eigenvalue weighted by Gasteiger charge is -2.41. The lowest BCUT2D eigenvalue weighted by molar-refractivity contribution is -0.224. The smallest absolute Gasteiger partial charge is 0.320 e. The highest BCUT2D eigenvalue weighted by Crippen LogP contribution is 2.27. The number of methoxy groups -OCH3 is 1. The van der Waals surface area contributed by atoms with Crippen LogP contribution >= 0.6 is 0 Å². The van der Waals surface area contributed by atoms with Crippen LogP contribution in [0.15, 0.2) is 30.3 Å². The summed E-state index contributed by atoms with van der Waals surface area (Å²) in [5.41, 5.74) is 6.80. The molecule has 4 atom stereocenters. The van der Waals surface area contributed by atoms with E-state index in [0.29, 0.717) is 13.2 Å². The molecule has 1 aliphatic heterocycles. The predicted molar refractivity (Wildman–Crippen MR) is 127 cm³/mol. The molecule has 0 aromatic heterocycles. The number of hydrogen-bond acceptors (Lipinski definition) is 6. The molecule has 0 radical (unpaired) electrons. The van der Waals surface area contributed by atoms with Gasteiger partial charge in [-0.05, 0) is 24.8 Å². The lowest BCUT2D eigenvalue weighted by Crippen LogP contribution is -2.56. The molecule has 0 amide bonds. The van der Waals surface area contributed by atoms with E-state index in [4.69, 9.17) is 24.7 Å². The van der Waals surface area contributed by atoms with Crippen molar-refractivity contribution in [3.63, 3.8) is 0 Å². The predicted octanol–water partition coefficient (Wildman–Crippen LogP) is 4.43. The molecule has 1 aromatic rings. The highest BCUT2D eigenvalue weighted by molar-refractivity contribution is 5.71. The minimum Gasteiger partial charge on any atom is -0.456 e. The first-order valence-electron chi connectivity index (χ1n) is 12.4. The Labute approximate surface area is 194 Å². The molecule has 1 aromatic carbocycles. The van der Waals surface area contributed by atoms with Crippen LogP contribution in [0.1, 0.15) is 70.3 Å². The van der Waals surface area contributed by atoms with Gasteiger partial charge >= 0.3 is 5.97 Å². The molecule has 0 aliphatic carbocycles. The largest absolute Gasteiger partial charge is 0.456 e. The van der Waals surface area contributed by atoms with E-state index in [9.17, 15) is 4.79 Å². The van der Waals surface area contributed by atoms with E-state index in [1.54, 1.807) is 7.11 Å². The van der Waals surface area contributed by atoms with Gasteiger partial charge < -0.3 is 24.7 Å². The second-order valence-corrected chi connectivity index (χ2v) is 8.64. The Kier molecular flexibility index (Phi) is 13.5. The number of hydrogen-bond donors (Lipinski definition) is 1. The van der Waals surface area contributed by atoms with Gasteiger partial charge in [0.1, 0.15) is 12.2 Å². The van der Waals surface area contributed by atoms with Crippen molar-refractivity contribution >= 4 is 5.97 Å². The van der Waals surface area contributed by atoms with Crippen molar-refractivity contribution in [2.45, 2.75) is 95.5 Å². The molecular formula is C26H43NO5. The zero-order chi connectivity index (χ0) is 23.0. The van der Waals surface area contributed by atoms with Crippen molar-refractivity contribution in [3.05, 3.63) is 35.9 Å². The molecule has 0 saturated carbocycles. The molecule has 0 spiro atoms. The fourth-order valence-electron chi connectivity index (χ4n) is 4.31. The van der Waals surface area contributed by atoms with E-state index in [1.165, 1.54) is 37.7 Å². The normalized spacial score (nSPS) is 23.2. The summed E-state index contributed by atoms with van der Waals surface area (Å²) in [7, 11) is 1.64. The molecule has 6 nitrogen and oxygen atoms in total. The minimum absolute atomic E-state index is 0.153. The summed E-state index contributed by atoms with van der Waals surface area (Å²) in [4.78, 5) is 12.0. The third-order valence-electron chi connectivity index (χ3n) is 6.11. The van der Waals surface area contributed by atoms with Crippen LogP contribution in [-0.2, 0) is 30.2 Å². The Hall–Kier alpha value is -1.47. The fraction of sp³-hybridized carbons (Fsp3) is 0.731. The van der Waals surface area contributed by atoms with Gasteiger partial charge in [-0.25, -0.2) is 0 Å². The van der Waals surface area contributed by atoms with Crippen LogP contribution in [-0.4, -0.2) is 57.3 Å². The maximum atomic E-state index is 12.0. The Morgan fingerprint density at radius 2 is 1.75 bits per heavy atom. The van der Waals surface area contributed by atoms with Gasteiger partial charge in [-0.3, -0.25) is 4.79 Å². The monoisotopic (exact) mass is 449 g/mol. The van der Waals surface area contributed by atoms with Gasteiger partial charge in [-0.1, -0.05) is 82.2 Å². The maximum absolute atomic E-state index is 12.0. The molecule has 1 fully saturated rings. The number of nitrogens with two attached hydrogens (primary N) is 1. The molecule has 0 unspecified atom stereocenters. The standard InChI is InChI=1S/C26H43NO5/c1-3-4-5-6-7-8-12-17-22-26(32-24(28)19-27)25(29-2)23(20-31-22)30-18-13-16-21-14-10-9-11-15-21/h9-11,14-15,22-23,25-26H,3-8,12-13,16-20,27H2,1-2H3/t22-,23+,25-,26+/m0/s1. The van der Waals surface area contributed by atoms with E-state index < -0.39 is 12.1 Å². The average molecular weight is 450 g/mol. The summed E-state index contributed by atoms with van der Waals surface area (Å²) in [5.74, 6) is -0.435. The zero-order valence-corrected chi connectivity index (χ0v) is 20.0. The number of esters is 1. The minimum atomic E-state index is -0.496. The second-order valence-electron chi connectivity index (χ2n) is 8.64. The summed E-state index contributed by atoms with van der Waals surface area (Å²) in [6.45, 7) is 3.12. The van der Waals surface area contributed by atoms with Gasteiger partial charge in [0.2, 0.25) is 0 Å². The molecular weight excluding hydrogens is 406 g/mol. The van der Waals surface area contributed by atoms with Gasteiger partial charge in [0.15, 0.2) is 6.10 Å². The molecule has 182 valence electrons. The number of benzene rings is 1. The van der Waals surface area contributed by atoms with E-state index in [-0.39, 0.29) is 24.9 Å². The summed E-state index contributed by atoms with van der Waals surface area (Å²) in [6.07, 6.45) is 10.0. The van der Waals surface area contributed by atoms with Crippen molar-refractivity contribution in [2.75, 3.05) is 26.9 Å². The van der Waals surface area contributed by atoms with E-state index in [1.807, 2.05) is 18.2 Å². The number of aryl methyl sites for hydroxylation is 1. The molecule has 1 heterocycles. The topological polar surface area (TPSA) is 80.0 Å². The van der Waals surface area contributed by atoms with Gasteiger partial charge in [0.05, 0.1) is 19.3 Å². The van der Waals surface area contributed by atoms with Crippen LogP contribution in [0, 0.1) is 0 Å². The first-order chi connectivity index (χ1) is 15.7. The number of rotatable bonds is 16. The molecule has 2 N–H and O–H groups in total. The first-order valence-corrected chi connectivity index (χ1v) is 12.4. The molecule has 1 saturated heterocycles. The van der Waals surface area contributed by atoms with Crippen molar-refractivity contribution in [2.24, 2.45) is 5.73 Å². The van der Waals surface area contributed by atoms with Crippen molar-refractivity contribution in [3.8, 4) is 0 Å². The van der Waals surface area contributed by atoms with Gasteiger partial charge in [-0.2, -0.15) is 0 Å². The Balaban J connectivity index is 1.82. The van der Waals surface area contributed by atoms with Crippen molar-refractivity contribution in [1.82, 2.24) is 0 Å². The third kappa shape index (κ3) is 9.57. The molecule has 2 rings (SSSR count). The Morgan fingerprint density at radius 1 is 1.03 bits per heavy atom. The van der Waals surface area contributed by atoms with Crippen LogP contribution in [0.5, 0.6) is 0 Å². The quantitative estimate of drug-likeness (QED) is 0.297. The van der Waals surface area contributed by atoms with Crippen LogP contribution in [0.3, 0.4) is 0 Å². The number of unbranched alkanes of at least 4 members (excludes halogenated alkanes) is 6. The van der Waals surface area contributed by atoms with Crippen molar-refractivity contribution in [1.29, 1.82) is 0 Å². The molecule has 32 heavy (non-hydrogen) atoms. The SMILES string of the molecule is CCCCCCCCC[C@@H]1OC[C@@H](OCCCc2ccccc2)[C@H](OC)[C@@H]1OC(=O)CN. The number of carbonyl (C=O) groups is 1. The van der Waals surface area contributed by atoms with Crippen LogP contribution in [0.25, 0.3) is 0 Å². The Morgan fingerprint density at radius 3 is 2.44 bits per heavy atom. The van der Waals surface area contributed by atoms with Crippen molar-refractivity contribution < 1.29 is 23.7 Å². The number of carbonyl (C=O) groups excluding carboxylic acids is 1. The van der Waals surface area contributed by atoms with Gasteiger partial charge in [-0.15, -0.1) is 0 Å². The average Bonchev–Trinajstić information content (AvgIpc) is 2.82. The van der Waals surface area contributed by atoms with E-state index in [2.05, 4.69) is 19.1 Å². The van der Waals surface area contributed by atoms with Gasteiger partial charge in [0, 0.05) is 13.7 Å². The first kappa shape index (κ1) is 26.8. The maximum Gasteiger partial charge on any atom is 0.320 e. The highest BCUT2D eigenvalue weighted by Gasteiger charge is 2.43. The molecule has 0 bridgehead atoms. The Bertz CT molecular complexity index is 611. The van der Waals surface area contributed by atoms with Gasteiger partial charge in [0.25, 0.3) is 0 Å². The van der Waals surface area contributed by atoms with Crippen LogP contribution in [0.2, 0.25) is 0 Å². The third-order valence-corrected chi connectivity index (χ3v) is 6.11. The summed E-state index contributed by atoms with van der Waals surface area (Å²) < 4.78 is 23.7. The summed E-state index contributed by atoms with van der Waals surface area (Å²) in [6, 6.07) is 10.4. The van der Waals surface area contributed by atoms with E-state index in [0.717, 1.165) is 32.1 Å². The molecule has 6 heteroatoms. The zero-order valence-electron chi connectivity index (χ0n) is 20.0. The fourth-order valence-corrected chi connectivity index (χ4v) is 4.31. The number of ether oxygens (including phenoxy) is 4. The molecule has 1 aliphatic rings.